The van der Waals surface area contributed by atoms with E-state index < -0.39 is 5.91 Å². The third kappa shape index (κ3) is 4.68. The van der Waals surface area contributed by atoms with Gasteiger partial charge in [0.1, 0.15) is 11.6 Å². The van der Waals surface area contributed by atoms with Gasteiger partial charge in [-0.3, -0.25) is 4.79 Å². The summed E-state index contributed by atoms with van der Waals surface area (Å²) in [5, 5.41) is 0.868. The van der Waals surface area contributed by atoms with Gasteiger partial charge < -0.3 is 20.4 Å². The van der Waals surface area contributed by atoms with Gasteiger partial charge in [0, 0.05) is 24.2 Å². The first-order valence-electron chi connectivity index (χ1n) is 11.7. The van der Waals surface area contributed by atoms with Crippen LogP contribution in [0.5, 0.6) is 5.75 Å². The maximum atomic E-state index is 12.1. The molecule has 0 unspecified atom stereocenters. The quantitative estimate of drug-likeness (QED) is 0.381. The first kappa shape index (κ1) is 22.5. The van der Waals surface area contributed by atoms with Crippen LogP contribution in [-0.2, 0) is 6.54 Å². The second-order valence-electron chi connectivity index (χ2n) is 8.76. The van der Waals surface area contributed by atoms with E-state index in [0.29, 0.717) is 11.1 Å². The van der Waals surface area contributed by atoms with E-state index in [1.54, 1.807) is 13.2 Å². The minimum atomic E-state index is -0.467. The Morgan fingerprint density at radius 1 is 1.09 bits per heavy atom. The Balaban J connectivity index is 1.55. The lowest BCUT2D eigenvalue weighted by atomic mass is 10.1. The number of primary amides is 1. The highest BCUT2D eigenvalue weighted by molar-refractivity contribution is 6.10. The molecule has 0 spiro atoms. The van der Waals surface area contributed by atoms with Gasteiger partial charge in [-0.1, -0.05) is 48.0 Å². The molecule has 0 fully saturated rings. The van der Waals surface area contributed by atoms with Gasteiger partial charge >= 0.3 is 0 Å². The average molecular weight is 465 g/mol. The molecule has 1 aromatic heterocycles. The molecular formula is C29H28N4O2. The van der Waals surface area contributed by atoms with Crippen molar-refractivity contribution in [3.63, 3.8) is 0 Å². The second-order valence-corrected chi connectivity index (χ2v) is 8.76. The fourth-order valence-corrected chi connectivity index (χ4v) is 4.38. The lowest BCUT2D eigenvalue weighted by molar-refractivity contribution is 0.100. The monoisotopic (exact) mass is 464 g/mol. The summed E-state index contributed by atoms with van der Waals surface area (Å²) < 4.78 is 5.28. The fraction of sp³-hybridized carbons (Fsp3) is 0.172. The predicted octanol–water partition coefficient (Wildman–Crippen LogP) is 5.74. The smallest absolute Gasteiger partial charge is 0.250 e. The molecule has 3 N–H and O–H groups in total. The topological polar surface area (TPSA) is 83.7 Å². The highest BCUT2D eigenvalue weighted by Gasteiger charge is 2.17. The summed E-state index contributed by atoms with van der Waals surface area (Å²) >= 11 is 0. The predicted molar refractivity (Wildman–Crippen MR) is 141 cm³/mol. The molecule has 176 valence electrons. The van der Waals surface area contributed by atoms with Gasteiger partial charge in [0.15, 0.2) is 0 Å². The van der Waals surface area contributed by atoms with Gasteiger partial charge in [0.25, 0.3) is 5.91 Å². The van der Waals surface area contributed by atoms with Crippen molar-refractivity contribution in [2.75, 3.05) is 13.7 Å². The molecule has 1 aliphatic rings. The van der Waals surface area contributed by atoms with Gasteiger partial charge in [-0.25, -0.2) is 4.99 Å². The van der Waals surface area contributed by atoms with Gasteiger partial charge in [-0.05, 0) is 60.9 Å². The zero-order valence-electron chi connectivity index (χ0n) is 19.9. The summed E-state index contributed by atoms with van der Waals surface area (Å²) in [6.07, 6.45) is 5.18. The van der Waals surface area contributed by atoms with Gasteiger partial charge in [-0.2, -0.15) is 0 Å². The number of nitrogens with two attached hydrogens (primary N) is 1. The van der Waals surface area contributed by atoms with Crippen LogP contribution in [-0.4, -0.2) is 35.3 Å². The molecule has 35 heavy (non-hydrogen) atoms. The molecule has 1 aliphatic heterocycles. The van der Waals surface area contributed by atoms with E-state index in [9.17, 15) is 4.79 Å². The maximum Gasteiger partial charge on any atom is 0.250 e. The van der Waals surface area contributed by atoms with Gasteiger partial charge in [0.2, 0.25) is 0 Å². The molecule has 6 heteroatoms. The molecule has 6 nitrogen and oxygen atoms in total. The minimum Gasteiger partial charge on any atom is -0.497 e. The Hall–Kier alpha value is -4.32. The number of rotatable bonds is 6. The first-order chi connectivity index (χ1) is 17.0. The van der Waals surface area contributed by atoms with Gasteiger partial charge in [-0.15, -0.1) is 0 Å². The number of nitrogens with one attached hydrogen (secondary N) is 1. The number of aromatic nitrogens is 1. The minimum absolute atomic E-state index is 0.455. The third-order valence-corrected chi connectivity index (χ3v) is 6.32. The second kappa shape index (κ2) is 9.50. The Labute approximate surface area is 204 Å². The number of aliphatic imine (C=N–C) groups is 1. The number of nitrogens with zero attached hydrogens (tertiary/aromatic N) is 2. The number of carbonyl (C=O) groups excluding carboxylic acids is 1. The Bertz CT molecular complexity index is 1430. The van der Waals surface area contributed by atoms with Crippen molar-refractivity contribution in [3.05, 3.63) is 95.6 Å². The SMILES string of the molecule is COc1ccc(CN2CCC=CC2=Nc2ccc(C(N)=O)c3[nH]c(-c4ccc(C)cc4)cc23)cc1. The van der Waals surface area contributed by atoms with Crippen molar-refractivity contribution < 1.29 is 9.53 Å². The Kier molecular flexibility index (Phi) is 6.10. The van der Waals surface area contributed by atoms with Crippen LogP contribution in [0.4, 0.5) is 5.69 Å². The van der Waals surface area contributed by atoms with E-state index in [4.69, 9.17) is 15.5 Å². The van der Waals surface area contributed by atoms with Gasteiger partial charge in [0.05, 0.1) is 23.9 Å². The lowest BCUT2D eigenvalue weighted by Crippen LogP contribution is -2.32. The molecule has 0 saturated carbocycles. The highest BCUT2D eigenvalue weighted by Crippen LogP contribution is 2.34. The van der Waals surface area contributed by atoms with Crippen LogP contribution >= 0.6 is 0 Å². The van der Waals surface area contributed by atoms with E-state index in [2.05, 4.69) is 65.4 Å². The van der Waals surface area contributed by atoms with Crippen molar-refractivity contribution in [3.8, 4) is 17.0 Å². The van der Waals surface area contributed by atoms with Crippen molar-refractivity contribution in [2.24, 2.45) is 10.7 Å². The van der Waals surface area contributed by atoms with Crippen molar-refractivity contribution in [2.45, 2.75) is 19.9 Å². The number of ether oxygens (including phenoxy) is 1. The molecular weight excluding hydrogens is 436 g/mol. The van der Waals surface area contributed by atoms with E-state index in [-0.39, 0.29) is 0 Å². The van der Waals surface area contributed by atoms with Crippen LogP contribution in [0.2, 0.25) is 0 Å². The molecule has 0 saturated heterocycles. The summed E-state index contributed by atoms with van der Waals surface area (Å²) in [6.45, 7) is 3.69. The van der Waals surface area contributed by atoms with Crippen LogP contribution in [0.25, 0.3) is 22.2 Å². The summed E-state index contributed by atoms with van der Waals surface area (Å²) in [5.41, 5.74) is 12.0. The van der Waals surface area contributed by atoms with Crippen LogP contribution in [0.15, 0.2) is 83.9 Å². The molecule has 0 radical (unpaired) electrons. The number of amides is 1. The molecule has 4 aromatic rings. The first-order valence-corrected chi connectivity index (χ1v) is 11.7. The molecule has 1 amide bonds. The number of amidine groups is 1. The molecule has 3 aromatic carbocycles. The largest absolute Gasteiger partial charge is 0.497 e. The average Bonchev–Trinajstić information content (AvgIpc) is 3.32. The summed E-state index contributed by atoms with van der Waals surface area (Å²) in [4.78, 5) is 22.9. The van der Waals surface area contributed by atoms with Crippen molar-refractivity contribution in [1.29, 1.82) is 0 Å². The number of fused-ring (bicyclic) bond motifs is 1. The summed E-state index contributed by atoms with van der Waals surface area (Å²) in [7, 11) is 1.67. The molecule has 0 bridgehead atoms. The van der Waals surface area contributed by atoms with E-state index in [1.807, 2.05) is 24.3 Å². The van der Waals surface area contributed by atoms with Crippen molar-refractivity contribution >= 4 is 28.3 Å². The van der Waals surface area contributed by atoms with Crippen LogP contribution in [0.1, 0.15) is 27.9 Å². The lowest BCUT2D eigenvalue weighted by Gasteiger charge is -2.27. The van der Waals surface area contributed by atoms with Crippen molar-refractivity contribution in [1.82, 2.24) is 9.88 Å². The van der Waals surface area contributed by atoms with E-state index >= 15 is 0 Å². The molecule has 5 rings (SSSR count). The number of hydrogen-bond donors (Lipinski definition) is 2. The maximum absolute atomic E-state index is 12.1. The van der Waals surface area contributed by atoms with Crippen LogP contribution in [0, 0.1) is 6.92 Å². The zero-order valence-corrected chi connectivity index (χ0v) is 19.9. The molecule has 2 heterocycles. The Morgan fingerprint density at radius 2 is 1.86 bits per heavy atom. The van der Waals surface area contributed by atoms with Crippen LogP contribution in [0.3, 0.4) is 0 Å². The summed E-state index contributed by atoms with van der Waals surface area (Å²) in [6, 6.07) is 22.0. The number of benzene rings is 3. The van der Waals surface area contributed by atoms with Crippen LogP contribution < -0.4 is 10.5 Å². The normalized spacial score (nSPS) is 14.6. The molecule has 0 atom stereocenters. The number of H-pyrrole nitrogens is 1. The number of aryl methyl sites for hydroxylation is 1. The Morgan fingerprint density at radius 3 is 2.57 bits per heavy atom. The number of methoxy groups -OCH3 is 1. The van der Waals surface area contributed by atoms with E-state index in [1.165, 1.54) is 11.1 Å². The summed E-state index contributed by atoms with van der Waals surface area (Å²) in [5.74, 6) is 1.26. The zero-order chi connectivity index (χ0) is 24.4. The van der Waals surface area contributed by atoms with E-state index in [0.717, 1.165) is 53.4 Å². The third-order valence-electron chi connectivity index (χ3n) is 6.32. The highest BCUT2D eigenvalue weighted by atomic mass is 16.5. The number of aromatic amines is 1. The number of carbonyl (C=O) groups is 1. The fourth-order valence-electron chi connectivity index (χ4n) is 4.38. The standard InChI is InChI=1S/C29H28N4O2/c1-19-6-10-21(11-7-19)26-17-24-25(15-14-23(29(30)34)28(24)32-26)31-27-5-3-4-16-33(27)18-20-8-12-22(35-2)13-9-20/h3,5-15,17,32H,4,16,18H2,1-2H3,(H2,30,34). The molecule has 0 aliphatic carbocycles. The number of hydrogen-bond acceptors (Lipinski definition) is 3.